The van der Waals surface area contributed by atoms with Crippen LogP contribution in [0.4, 0.5) is 5.69 Å². The van der Waals surface area contributed by atoms with Crippen LogP contribution < -0.4 is 15.8 Å². The highest BCUT2D eigenvalue weighted by atomic mass is 35.5. The number of nitrogens with two attached hydrogens (primary N) is 1. The second-order valence-electron chi connectivity index (χ2n) is 3.79. The lowest BCUT2D eigenvalue weighted by Crippen LogP contribution is -2.14. The molecular formula is C13H21ClN2O2. The molecule has 0 aliphatic rings. The zero-order valence-corrected chi connectivity index (χ0v) is 11.5. The van der Waals surface area contributed by atoms with Crippen LogP contribution in [0.25, 0.3) is 0 Å². The summed E-state index contributed by atoms with van der Waals surface area (Å²) in [5.74, 6) is 0.693. The summed E-state index contributed by atoms with van der Waals surface area (Å²) in [5.41, 5.74) is 6.09. The summed E-state index contributed by atoms with van der Waals surface area (Å²) in [7, 11) is 0. The molecule has 0 unspecified atom stereocenters. The lowest BCUT2D eigenvalue weighted by molar-refractivity contribution is -0.116. The average Bonchev–Trinajstić information content (AvgIpc) is 2.35. The van der Waals surface area contributed by atoms with Crippen molar-refractivity contribution in [2.75, 3.05) is 18.5 Å². The Hall–Kier alpha value is -1.26. The number of nitrogens with one attached hydrogen (secondary N) is 1. The maximum absolute atomic E-state index is 11.6. The molecule has 102 valence electrons. The predicted octanol–water partition coefficient (Wildman–Crippen LogP) is 2.57. The van der Waals surface area contributed by atoms with Crippen molar-refractivity contribution < 1.29 is 9.53 Å². The first-order valence-corrected chi connectivity index (χ1v) is 5.99. The molecule has 0 aromatic heterocycles. The summed E-state index contributed by atoms with van der Waals surface area (Å²) >= 11 is 0. The average molecular weight is 273 g/mol. The minimum atomic E-state index is -0.0250. The van der Waals surface area contributed by atoms with Crippen molar-refractivity contribution in [3.05, 3.63) is 24.3 Å². The van der Waals surface area contributed by atoms with Gasteiger partial charge in [0.2, 0.25) is 5.91 Å². The highest BCUT2D eigenvalue weighted by Gasteiger charge is 2.06. The number of para-hydroxylation sites is 2. The first-order chi connectivity index (χ1) is 8.27. The van der Waals surface area contributed by atoms with Crippen LogP contribution in [0.2, 0.25) is 0 Å². The standard InChI is InChI=1S/C13H20N2O2.ClH/c1-2-10-17-12-7-4-3-6-11(12)15-13(16)8-5-9-14;/h3-4,6-7H,2,5,8-10,14H2,1H3,(H,15,16);1H. The van der Waals surface area contributed by atoms with Crippen LogP contribution in [0, 0.1) is 0 Å². The summed E-state index contributed by atoms with van der Waals surface area (Å²) in [6.07, 6.45) is 2.08. The van der Waals surface area contributed by atoms with Gasteiger partial charge in [0, 0.05) is 6.42 Å². The van der Waals surface area contributed by atoms with Crippen molar-refractivity contribution in [3.8, 4) is 5.75 Å². The number of halogens is 1. The number of amides is 1. The Morgan fingerprint density at radius 1 is 1.39 bits per heavy atom. The number of hydrogen-bond donors (Lipinski definition) is 2. The van der Waals surface area contributed by atoms with E-state index in [4.69, 9.17) is 10.5 Å². The molecule has 5 heteroatoms. The minimum Gasteiger partial charge on any atom is -0.491 e. The van der Waals surface area contributed by atoms with Gasteiger partial charge in [-0.3, -0.25) is 4.79 Å². The molecule has 0 aliphatic carbocycles. The van der Waals surface area contributed by atoms with Crippen molar-refractivity contribution in [2.45, 2.75) is 26.2 Å². The zero-order valence-electron chi connectivity index (χ0n) is 10.6. The molecule has 0 aliphatic heterocycles. The van der Waals surface area contributed by atoms with E-state index in [1.54, 1.807) is 0 Å². The number of benzene rings is 1. The van der Waals surface area contributed by atoms with Gasteiger partial charge in [-0.25, -0.2) is 0 Å². The van der Waals surface area contributed by atoms with E-state index in [-0.39, 0.29) is 18.3 Å². The van der Waals surface area contributed by atoms with Gasteiger partial charge in [0.15, 0.2) is 0 Å². The molecule has 0 bridgehead atoms. The first kappa shape index (κ1) is 16.7. The van der Waals surface area contributed by atoms with E-state index in [1.165, 1.54) is 0 Å². The van der Waals surface area contributed by atoms with Gasteiger partial charge in [-0.05, 0) is 31.5 Å². The lowest BCUT2D eigenvalue weighted by Gasteiger charge is -2.11. The van der Waals surface area contributed by atoms with E-state index in [1.807, 2.05) is 31.2 Å². The quantitative estimate of drug-likeness (QED) is 0.802. The number of hydrogen-bond acceptors (Lipinski definition) is 3. The fourth-order valence-electron chi connectivity index (χ4n) is 1.38. The Morgan fingerprint density at radius 3 is 2.78 bits per heavy atom. The van der Waals surface area contributed by atoms with Gasteiger partial charge in [-0.15, -0.1) is 12.4 Å². The molecule has 0 spiro atoms. The normalized spacial score (nSPS) is 9.44. The third kappa shape index (κ3) is 5.89. The third-order valence-corrected chi connectivity index (χ3v) is 2.23. The Morgan fingerprint density at radius 2 is 2.11 bits per heavy atom. The summed E-state index contributed by atoms with van der Waals surface area (Å²) in [6, 6.07) is 7.46. The number of carbonyl (C=O) groups excluding carboxylic acids is 1. The molecule has 0 fully saturated rings. The summed E-state index contributed by atoms with van der Waals surface area (Å²) < 4.78 is 5.55. The molecule has 0 atom stereocenters. The lowest BCUT2D eigenvalue weighted by atomic mass is 10.2. The summed E-state index contributed by atoms with van der Waals surface area (Å²) in [4.78, 5) is 11.6. The number of rotatable bonds is 7. The number of anilines is 1. The predicted molar refractivity (Wildman–Crippen MR) is 76.4 cm³/mol. The second kappa shape index (κ2) is 9.74. The van der Waals surface area contributed by atoms with E-state index in [9.17, 15) is 4.79 Å². The van der Waals surface area contributed by atoms with Crippen molar-refractivity contribution >= 4 is 24.0 Å². The van der Waals surface area contributed by atoms with E-state index in [2.05, 4.69) is 5.32 Å². The van der Waals surface area contributed by atoms with Crippen LogP contribution in [-0.2, 0) is 4.79 Å². The Kier molecular flexibility index (Phi) is 9.06. The Labute approximate surface area is 114 Å². The van der Waals surface area contributed by atoms with Crippen LogP contribution in [0.3, 0.4) is 0 Å². The largest absolute Gasteiger partial charge is 0.491 e. The van der Waals surface area contributed by atoms with Crippen molar-refractivity contribution in [3.63, 3.8) is 0 Å². The molecular weight excluding hydrogens is 252 g/mol. The molecule has 4 nitrogen and oxygen atoms in total. The molecule has 0 radical (unpaired) electrons. The smallest absolute Gasteiger partial charge is 0.224 e. The van der Waals surface area contributed by atoms with Gasteiger partial charge < -0.3 is 15.8 Å². The fourth-order valence-corrected chi connectivity index (χ4v) is 1.38. The van der Waals surface area contributed by atoms with Gasteiger partial charge in [0.1, 0.15) is 5.75 Å². The molecule has 18 heavy (non-hydrogen) atoms. The second-order valence-corrected chi connectivity index (χ2v) is 3.79. The zero-order chi connectivity index (χ0) is 12.5. The molecule has 1 rings (SSSR count). The third-order valence-electron chi connectivity index (χ3n) is 2.23. The van der Waals surface area contributed by atoms with Crippen molar-refractivity contribution in [1.82, 2.24) is 0 Å². The molecule has 0 heterocycles. The minimum absolute atomic E-state index is 0. The monoisotopic (exact) mass is 272 g/mol. The fraction of sp³-hybridized carbons (Fsp3) is 0.462. The van der Waals surface area contributed by atoms with Crippen LogP contribution in [0.15, 0.2) is 24.3 Å². The van der Waals surface area contributed by atoms with Gasteiger partial charge in [0.25, 0.3) is 0 Å². The maximum atomic E-state index is 11.6. The SMILES string of the molecule is CCCOc1ccccc1NC(=O)CCCN.Cl. The number of carbonyl (C=O) groups is 1. The molecule has 1 aromatic carbocycles. The highest BCUT2D eigenvalue weighted by Crippen LogP contribution is 2.23. The highest BCUT2D eigenvalue weighted by molar-refractivity contribution is 5.92. The van der Waals surface area contributed by atoms with E-state index in [0.29, 0.717) is 26.0 Å². The van der Waals surface area contributed by atoms with E-state index in [0.717, 1.165) is 17.9 Å². The Bertz CT molecular complexity index is 359. The van der Waals surface area contributed by atoms with Gasteiger partial charge in [0.05, 0.1) is 12.3 Å². The van der Waals surface area contributed by atoms with Crippen LogP contribution in [0.5, 0.6) is 5.75 Å². The summed E-state index contributed by atoms with van der Waals surface area (Å²) in [6.45, 7) is 3.22. The van der Waals surface area contributed by atoms with Crippen LogP contribution in [0.1, 0.15) is 26.2 Å². The van der Waals surface area contributed by atoms with Crippen LogP contribution >= 0.6 is 12.4 Å². The molecule has 0 saturated carbocycles. The molecule has 1 amide bonds. The first-order valence-electron chi connectivity index (χ1n) is 5.99. The summed E-state index contributed by atoms with van der Waals surface area (Å²) in [5, 5.41) is 2.83. The van der Waals surface area contributed by atoms with Gasteiger partial charge in [-0.2, -0.15) is 0 Å². The van der Waals surface area contributed by atoms with E-state index >= 15 is 0 Å². The topological polar surface area (TPSA) is 64.3 Å². The van der Waals surface area contributed by atoms with Crippen molar-refractivity contribution in [1.29, 1.82) is 0 Å². The Balaban J connectivity index is 0.00000289. The number of ether oxygens (including phenoxy) is 1. The molecule has 3 N–H and O–H groups in total. The van der Waals surface area contributed by atoms with E-state index < -0.39 is 0 Å². The van der Waals surface area contributed by atoms with Gasteiger partial charge >= 0.3 is 0 Å². The van der Waals surface area contributed by atoms with Crippen molar-refractivity contribution in [2.24, 2.45) is 5.73 Å². The molecule has 1 aromatic rings. The molecule has 0 saturated heterocycles. The maximum Gasteiger partial charge on any atom is 0.224 e. The van der Waals surface area contributed by atoms with Gasteiger partial charge in [-0.1, -0.05) is 19.1 Å². The van der Waals surface area contributed by atoms with Crippen LogP contribution in [-0.4, -0.2) is 19.1 Å².